The van der Waals surface area contributed by atoms with Gasteiger partial charge in [0, 0.05) is 13.1 Å². The van der Waals surface area contributed by atoms with Gasteiger partial charge in [0.25, 0.3) is 0 Å². The Balaban J connectivity index is 1.27. The van der Waals surface area contributed by atoms with Gasteiger partial charge in [-0.05, 0) is 30.5 Å². The zero-order valence-electron chi connectivity index (χ0n) is 26.7. The maximum absolute atomic E-state index is 13.6. The Morgan fingerprint density at radius 3 is 2.02 bits per heavy atom. The molecule has 4 heterocycles. The number of ether oxygens (including phenoxy) is 5. The van der Waals surface area contributed by atoms with E-state index in [1.807, 2.05) is 105 Å². The highest BCUT2D eigenvalue weighted by atomic mass is 16.8. The Labute approximate surface area is 276 Å². The molecule has 0 radical (unpaired) electrons. The number of carbonyl (C=O) groups is 1. The molecule has 0 spiro atoms. The molecule has 246 valence electrons. The third-order valence-corrected chi connectivity index (χ3v) is 8.48. The normalized spacial score (nSPS) is 21.6. The van der Waals surface area contributed by atoms with Crippen LogP contribution in [-0.4, -0.2) is 61.0 Å². The number of hydrogen-bond acceptors (Lipinski definition) is 10. The van der Waals surface area contributed by atoms with E-state index in [4.69, 9.17) is 23.7 Å². The molecule has 2 saturated heterocycles. The first kappa shape index (κ1) is 31.6. The molecule has 12 heteroatoms. The molecule has 12 nitrogen and oxygen atoms in total. The topological polar surface area (TPSA) is 129 Å². The number of nitrogens with zero attached hydrogens (tertiary/aromatic N) is 5. The monoisotopic (exact) mass is 649 g/mol. The van der Waals surface area contributed by atoms with Crippen LogP contribution >= 0.6 is 0 Å². The minimum absolute atomic E-state index is 0.0926. The Hall–Kier alpha value is -5.01. The maximum Gasteiger partial charge on any atom is 0.351 e. The third-order valence-electron chi connectivity index (χ3n) is 8.48. The first-order valence-electron chi connectivity index (χ1n) is 15.7. The number of benzene rings is 3. The van der Waals surface area contributed by atoms with E-state index in [1.54, 1.807) is 6.20 Å². The van der Waals surface area contributed by atoms with Gasteiger partial charge in [-0.15, -0.1) is 0 Å². The van der Waals surface area contributed by atoms with Crippen molar-refractivity contribution in [1.82, 2.24) is 24.3 Å². The summed E-state index contributed by atoms with van der Waals surface area (Å²) in [5.41, 5.74) is 1.64. The lowest BCUT2D eigenvalue weighted by molar-refractivity contribution is -0.205. The highest BCUT2D eigenvalue weighted by Gasteiger charge is 2.57. The highest BCUT2D eigenvalue weighted by molar-refractivity contribution is 5.66. The molecule has 2 fully saturated rings. The second-order valence-electron chi connectivity index (χ2n) is 12.1. The Kier molecular flexibility index (Phi) is 8.48. The molecular formula is C36H35N5O7. The smallest absolute Gasteiger partial charge is 0.351 e. The Bertz CT molecular complexity index is 1820. The summed E-state index contributed by atoms with van der Waals surface area (Å²) in [4.78, 5) is 33.6. The SMILES string of the molecule is CC(=O)OCc1cn([C@@H]2O[C@H](COC(c3ccccc3)(c3ccccc3)c3ccccc3)[C@H]3OC(C)(C)O[C@H]32)c(=O)nc1-n1cncn1. The van der Waals surface area contributed by atoms with Gasteiger partial charge < -0.3 is 23.7 Å². The molecule has 0 bridgehead atoms. The summed E-state index contributed by atoms with van der Waals surface area (Å²) < 4.78 is 34.4. The van der Waals surface area contributed by atoms with Gasteiger partial charge in [0.1, 0.15) is 43.2 Å². The molecule has 5 aromatic rings. The molecule has 4 atom stereocenters. The average molecular weight is 650 g/mol. The number of rotatable bonds is 10. The van der Waals surface area contributed by atoms with Crippen molar-refractivity contribution in [3.63, 3.8) is 0 Å². The maximum atomic E-state index is 13.6. The summed E-state index contributed by atoms with van der Waals surface area (Å²) in [5.74, 6) is -1.25. The minimum Gasteiger partial charge on any atom is -0.461 e. The van der Waals surface area contributed by atoms with Crippen LogP contribution in [0.2, 0.25) is 0 Å². The summed E-state index contributed by atoms with van der Waals surface area (Å²) in [6.07, 6.45) is 1.46. The van der Waals surface area contributed by atoms with Crippen molar-refractivity contribution in [2.75, 3.05) is 6.61 Å². The molecule has 2 aliphatic heterocycles. The van der Waals surface area contributed by atoms with E-state index < -0.39 is 47.6 Å². The molecule has 2 aromatic heterocycles. The van der Waals surface area contributed by atoms with Crippen LogP contribution < -0.4 is 5.69 Å². The van der Waals surface area contributed by atoms with Crippen molar-refractivity contribution in [3.8, 4) is 5.82 Å². The number of fused-ring (bicyclic) bond motifs is 1. The molecule has 2 aliphatic rings. The van der Waals surface area contributed by atoms with Crippen molar-refractivity contribution in [1.29, 1.82) is 0 Å². The minimum atomic E-state index is -0.995. The van der Waals surface area contributed by atoms with E-state index in [1.165, 1.54) is 28.8 Å². The fraction of sp³-hybridized carbons (Fsp3) is 0.306. The second-order valence-corrected chi connectivity index (χ2v) is 12.1. The van der Waals surface area contributed by atoms with E-state index in [9.17, 15) is 9.59 Å². The van der Waals surface area contributed by atoms with E-state index in [2.05, 4.69) is 15.1 Å². The fourth-order valence-corrected chi connectivity index (χ4v) is 6.47. The summed E-state index contributed by atoms with van der Waals surface area (Å²) in [6, 6.07) is 30.1. The van der Waals surface area contributed by atoms with Gasteiger partial charge in [0.2, 0.25) is 0 Å². The molecule has 0 unspecified atom stereocenters. The van der Waals surface area contributed by atoms with Crippen LogP contribution in [0.4, 0.5) is 0 Å². The van der Waals surface area contributed by atoms with Gasteiger partial charge in [-0.1, -0.05) is 91.0 Å². The van der Waals surface area contributed by atoms with Crippen molar-refractivity contribution in [2.24, 2.45) is 0 Å². The number of aromatic nitrogens is 5. The van der Waals surface area contributed by atoms with Crippen molar-refractivity contribution in [3.05, 3.63) is 143 Å². The summed E-state index contributed by atoms with van der Waals surface area (Å²) in [7, 11) is 0. The summed E-state index contributed by atoms with van der Waals surface area (Å²) in [6.45, 7) is 4.89. The highest BCUT2D eigenvalue weighted by Crippen LogP contribution is 2.45. The summed E-state index contributed by atoms with van der Waals surface area (Å²) in [5, 5.41) is 4.11. The van der Waals surface area contributed by atoms with E-state index in [0.717, 1.165) is 16.7 Å². The van der Waals surface area contributed by atoms with Crippen molar-refractivity contribution < 1.29 is 28.5 Å². The largest absolute Gasteiger partial charge is 0.461 e. The second kappa shape index (κ2) is 12.9. The average Bonchev–Trinajstić information content (AvgIpc) is 3.82. The van der Waals surface area contributed by atoms with Crippen molar-refractivity contribution in [2.45, 2.75) is 63.3 Å². The first-order chi connectivity index (χ1) is 23.2. The molecule has 48 heavy (non-hydrogen) atoms. The molecule has 0 amide bonds. The van der Waals surface area contributed by atoms with E-state index in [-0.39, 0.29) is 19.0 Å². The first-order valence-corrected chi connectivity index (χ1v) is 15.7. The summed E-state index contributed by atoms with van der Waals surface area (Å²) >= 11 is 0. The van der Waals surface area contributed by atoms with Gasteiger partial charge >= 0.3 is 11.7 Å². The fourth-order valence-electron chi connectivity index (χ4n) is 6.47. The zero-order chi connectivity index (χ0) is 33.3. The molecule has 0 aliphatic carbocycles. The van der Waals surface area contributed by atoms with E-state index in [0.29, 0.717) is 5.56 Å². The predicted octanol–water partition coefficient (Wildman–Crippen LogP) is 4.31. The van der Waals surface area contributed by atoms with Crippen molar-refractivity contribution >= 4 is 5.97 Å². The van der Waals surface area contributed by atoms with Gasteiger partial charge in [-0.3, -0.25) is 9.36 Å². The zero-order valence-corrected chi connectivity index (χ0v) is 26.7. The molecule has 7 rings (SSSR count). The van der Waals surface area contributed by atoms with Crippen LogP contribution in [0.1, 0.15) is 49.3 Å². The van der Waals surface area contributed by atoms with Crippen LogP contribution in [-0.2, 0) is 40.7 Å². The predicted molar refractivity (Wildman–Crippen MR) is 172 cm³/mol. The quantitative estimate of drug-likeness (QED) is 0.159. The third kappa shape index (κ3) is 5.95. The standard InChI is InChI=1S/C36H35N5O7/c1-24(42)44-20-25-19-40(34(43)39-32(25)41-23-37-22-38-41)33-31-30(47-35(2,3)48-31)29(46-33)21-45-36(26-13-7-4-8-14-26,27-15-9-5-10-16-27)28-17-11-6-12-18-28/h4-19,22-23,29-31,33H,20-21H2,1-3H3/t29-,30-,31-,33-/m1/s1. The lowest BCUT2D eigenvalue weighted by Gasteiger charge is -2.37. The number of esters is 1. The van der Waals surface area contributed by atoms with Gasteiger partial charge in [0.15, 0.2) is 17.8 Å². The number of carbonyl (C=O) groups excluding carboxylic acids is 1. The molecule has 0 N–H and O–H groups in total. The van der Waals surface area contributed by atoms with Gasteiger partial charge in [-0.2, -0.15) is 10.1 Å². The Morgan fingerprint density at radius 2 is 1.48 bits per heavy atom. The lowest BCUT2D eigenvalue weighted by Crippen LogP contribution is -2.39. The molecule has 3 aromatic carbocycles. The van der Waals surface area contributed by atoms with Crippen LogP contribution in [0, 0.1) is 0 Å². The van der Waals surface area contributed by atoms with Crippen LogP contribution in [0.15, 0.2) is 115 Å². The Morgan fingerprint density at radius 1 is 0.896 bits per heavy atom. The molecular weight excluding hydrogens is 614 g/mol. The molecule has 0 saturated carbocycles. The van der Waals surface area contributed by atoms with Crippen LogP contribution in [0.25, 0.3) is 5.82 Å². The van der Waals surface area contributed by atoms with Gasteiger partial charge in [0.05, 0.1) is 12.2 Å². The van der Waals surface area contributed by atoms with E-state index >= 15 is 0 Å². The number of hydrogen-bond donors (Lipinski definition) is 0. The van der Waals surface area contributed by atoms with Crippen LogP contribution in [0.5, 0.6) is 0 Å². The van der Waals surface area contributed by atoms with Gasteiger partial charge in [-0.25, -0.2) is 14.5 Å². The van der Waals surface area contributed by atoms with Crippen LogP contribution in [0.3, 0.4) is 0 Å². The lowest BCUT2D eigenvalue weighted by atomic mass is 9.80.